The summed E-state index contributed by atoms with van der Waals surface area (Å²) in [6.45, 7) is 2.22. The summed E-state index contributed by atoms with van der Waals surface area (Å²) >= 11 is 6.11. The summed E-state index contributed by atoms with van der Waals surface area (Å²) in [5.74, 6) is 0.750. The summed E-state index contributed by atoms with van der Waals surface area (Å²) in [5, 5.41) is 14.5. The van der Waals surface area contributed by atoms with E-state index in [-0.39, 0.29) is 11.6 Å². The highest BCUT2D eigenvalue weighted by Gasteiger charge is 2.11. The summed E-state index contributed by atoms with van der Waals surface area (Å²) in [5.41, 5.74) is 2.59. The molecule has 0 spiro atoms. The highest BCUT2D eigenvalue weighted by Crippen LogP contribution is 2.32. The number of hydrogen-bond donors (Lipinski definition) is 2. The number of methoxy groups -OCH3 is 1. The van der Waals surface area contributed by atoms with Crippen molar-refractivity contribution in [2.45, 2.75) is 13.5 Å². The van der Waals surface area contributed by atoms with Crippen molar-refractivity contribution in [3.05, 3.63) is 70.6 Å². The Balaban J connectivity index is 1.67. The second kappa shape index (κ2) is 8.46. The number of anilines is 2. The van der Waals surface area contributed by atoms with Crippen molar-refractivity contribution in [1.29, 1.82) is 0 Å². The Morgan fingerprint density at radius 1 is 1.19 bits per heavy atom. The number of hydrogen-bond acceptors (Lipinski definition) is 6. The minimum atomic E-state index is -0.320. The smallest absolute Gasteiger partial charge is 0.272 e. The van der Waals surface area contributed by atoms with E-state index in [1.165, 1.54) is 0 Å². The van der Waals surface area contributed by atoms with Crippen molar-refractivity contribution in [2.24, 2.45) is 0 Å². The molecule has 0 radical (unpaired) electrons. The lowest BCUT2D eigenvalue weighted by molar-refractivity contribution is 0.0944. The van der Waals surface area contributed by atoms with Crippen LogP contribution in [0.25, 0.3) is 0 Å². The van der Waals surface area contributed by atoms with Gasteiger partial charge in [-0.05, 0) is 42.8 Å². The Morgan fingerprint density at radius 2 is 2.04 bits per heavy atom. The van der Waals surface area contributed by atoms with E-state index in [0.29, 0.717) is 28.8 Å². The fourth-order valence-corrected chi connectivity index (χ4v) is 2.51. The molecular weight excluding hydrogens is 366 g/mol. The van der Waals surface area contributed by atoms with Gasteiger partial charge in [-0.15, -0.1) is 10.2 Å². The third-order valence-electron chi connectivity index (χ3n) is 3.80. The fraction of sp³-hybridized carbons (Fsp3) is 0.158. The summed E-state index contributed by atoms with van der Waals surface area (Å²) < 4.78 is 5.32. The summed E-state index contributed by atoms with van der Waals surface area (Å²) in [7, 11) is 1.56. The van der Waals surface area contributed by atoms with Crippen LogP contribution in [0.5, 0.6) is 5.75 Å². The number of benzene rings is 1. The van der Waals surface area contributed by atoms with Gasteiger partial charge >= 0.3 is 0 Å². The van der Waals surface area contributed by atoms with Crippen LogP contribution in [0.15, 0.2) is 48.7 Å². The maximum Gasteiger partial charge on any atom is 0.272 e. The van der Waals surface area contributed by atoms with Gasteiger partial charge in [0.2, 0.25) is 0 Å². The van der Waals surface area contributed by atoms with Crippen molar-refractivity contribution in [1.82, 2.24) is 20.5 Å². The second-order valence-electron chi connectivity index (χ2n) is 5.73. The maximum absolute atomic E-state index is 12.2. The molecule has 2 heterocycles. The quantitative estimate of drug-likeness (QED) is 0.677. The van der Waals surface area contributed by atoms with Crippen LogP contribution >= 0.6 is 11.6 Å². The van der Waals surface area contributed by atoms with Crippen LogP contribution in [-0.4, -0.2) is 28.2 Å². The van der Waals surface area contributed by atoms with E-state index in [1.54, 1.807) is 31.5 Å². The molecule has 0 unspecified atom stereocenters. The largest absolute Gasteiger partial charge is 0.495 e. The molecule has 0 atom stereocenters. The molecule has 0 fully saturated rings. The molecule has 2 aromatic heterocycles. The predicted molar refractivity (Wildman–Crippen MR) is 103 cm³/mol. The van der Waals surface area contributed by atoms with Gasteiger partial charge in [0.1, 0.15) is 5.75 Å². The van der Waals surface area contributed by atoms with Gasteiger partial charge in [0, 0.05) is 17.3 Å². The van der Waals surface area contributed by atoms with Crippen molar-refractivity contribution in [2.75, 3.05) is 12.4 Å². The topological polar surface area (TPSA) is 89.0 Å². The molecule has 1 amide bonds. The predicted octanol–water partition coefficient (Wildman–Crippen LogP) is 3.52. The molecule has 8 heteroatoms. The number of aryl methyl sites for hydroxylation is 1. The molecule has 27 heavy (non-hydrogen) atoms. The van der Waals surface area contributed by atoms with Gasteiger partial charge < -0.3 is 15.4 Å². The van der Waals surface area contributed by atoms with E-state index in [2.05, 4.69) is 25.8 Å². The molecule has 1 aromatic carbocycles. The van der Waals surface area contributed by atoms with E-state index in [9.17, 15) is 4.79 Å². The van der Waals surface area contributed by atoms with Crippen molar-refractivity contribution in [3.8, 4) is 5.75 Å². The summed E-state index contributed by atoms with van der Waals surface area (Å²) in [6.07, 6.45) is 1.68. The molecule has 0 saturated heterocycles. The normalized spacial score (nSPS) is 10.3. The number of ether oxygens (including phenoxy) is 1. The Hall–Kier alpha value is -3.19. The van der Waals surface area contributed by atoms with E-state index in [1.807, 2.05) is 31.2 Å². The van der Waals surface area contributed by atoms with Crippen LogP contribution in [-0.2, 0) is 6.54 Å². The Morgan fingerprint density at radius 3 is 2.70 bits per heavy atom. The number of pyridine rings is 1. The van der Waals surface area contributed by atoms with Crippen LogP contribution in [0, 0.1) is 6.92 Å². The first-order valence-corrected chi connectivity index (χ1v) is 8.57. The number of rotatable bonds is 6. The summed E-state index contributed by atoms with van der Waals surface area (Å²) in [6, 6.07) is 12.4. The highest BCUT2D eigenvalue weighted by molar-refractivity contribution is 6.31. The zero-order valence-corrected chi connectivity index (χ0v) is 15.6. The van der Waals surface area contributed by atoms with E-state index in [4.69, 9.17) is 16.3 Å². The number of halogens is 1. The Bertz CT molecular complexity index is 933. The molecule has 0 aliphatic heterocycles. The number of aromatic nitrogens is 3. The first-order chi connectivity index (χ1) is 13.1. The van der Waals surface area contributed by atoms with E-state index >= 15 is 0 Å². The lowest BCUT2D eigenvalue weighted by Gasteiger charge is -2.12. The Kier molecular flexibility index (Phi) is 5.83. The zero-order chi connectivity index (χ0) is 19.2. The number of nitrogens with one attached hydrogen (secondary N) is 2. The SMILES string of the molecule is COc1cc(Cl)c(C)cc1Nc1ccc(C(=O)NCc2ccccn2)nn1. The average Bonchev–Trinajstić information content (AvgIpc) is 2.70. The minimum absolute atomic E-state index is 0.218. The van der Waals surface area contributed by atoms with Gasteiger partial charge in [-0.25, -0.2) is 0 Å². The number of carbonyl (C=O) groups excluding carboxylic acids is 1. The molecule has 2 N–H and O–H groups in total. The lowest BCUT2D eigenvalue weighted by Crippen LogP contribution is -2.24. The number of carbonyl (C=O) groups is 1. The third kappa shape index (κ3) is 4.71. The maximum atomic E-state index is 12.2. The first-order valence-electron chi connectivity index (χ1n) is 8.20. The zero-order valence-electron chi connectivity index (χ0n) is 14.9. The van der Waals surface area contributed by atoms with Crippen molar-refractivity contribution < 1.29 is 9.53 Å². The number of nitrogens with zero attached hydrogens (tertiary/aromatic N) is 3. The molecule has 138 valence electrons. The van der Waals surface area contributed by atoms with E-state index < -0.39 is 0 Å². The molecule has 0 saturated carbocycles. The lowest BCUT2D eigenvalue weighted by atomic mass is 10.2. The van der Waals surface area contributed by atoms with Crippen LogP contribution in [0.3, 0.4) is 0 Å². The Labute approximate surface area is 161 Å². The monoisotopic (exact) mass is 383 g/mol. The third-order valence-corrected chi connectivity index (χ3v) is 4.20. The van der Waals surface area contributed by atoms with Crippen molar-refractivity contribution in [3.63, 3.8) is 0 Å². The fourth-order valence-electron chi connectivity index (χ4n) is 2.35. The van der Waals surface area contributed by atoms with Crippen LogP contribution in [0.2, 0.25) is 5.02 Å². The van der Waals surface area contributed by atoms with Gasteiger partial charge in [-0.1, -0.05) is 17.7 Å². The van der Waals surface area contributed by atoms with E-state index in [0.717, 1.165) is 11.3 Å². The average molecular weight is 384 g/mol. The number of amides is 1. The molecule has 0 aliphatic rings. The molecule has 3 rings (SSSR count). The van der Waals surface area contributed by atoms with Crippen LogP contribution < -0.4 is 15.4 Å². The van der Waals surface area contributed by atoms with Gasteiger partial charge in [0.05, 0.1) is 25.0 Å². The van der Waals surface area contributed by atoms with Crippen LogP contribution in [0.4, 0.5) is 11.5 Å². The molecule has 0 aliphatic carbocycles. The van der Waals surface area contributed by atoms with Gasteiger partial charge in [0.25, 0.3) is 5.91 Å². The highest BCUT2D eigenvalue weighted by atomic mass is 35.5. The van der Waals surface area contributed by atoms with Gasteiger partial charge in [-0.3, -0.25) is 9.78 Å². The first kappa shape index (κ1) is 18.6. The molecule has 7 nitrogen and oxygen atoms in total. The molecular formula is C19H18ClN5O2. The minimum Gasteiger partial charge on any atom is -0.495 e. The standard InChI is InChI=1S/C19H18ClN5O2/c1-12-9-16(17(27-2)10-14(12)20)23-18-7-6-15(24-25-18)19(26)22-11-13-5-3-4-8-21-13/h3-10H,11H2,1-2H3,(H,22,26)(H,23,25). The van der Waals surface area contributed by atoms with Crippen molar-refractivity contribution >= 4 is 29.0 Å². The molecule has 3 aromatic rings. The molecule has 0 bridgehead atoms. The van der Waals surface area contributed by atoms with Crippen LogP contribution in [0.1, 0.15) is 21.7 Å². The second-order valence-corrected chi connectivity index (χ2v) is 6.14. The van der Waals surface area contributed by atoms with Gasteiger partial charge in [0.15, 0.2) is 11.5 Å². The van der Waals surface area contributed by atoms with Gasteiger partial charge in [-0.2, -0.15) is 0 Å². The summed E-state index contributed by atoms with van der Waals surface area (Å²) in [4.78, 5) is 16.3.